The Bertz CT molecular complexity index is 331. The Morgan fingerprint density at radius 3 is 2.57 bits per heavy atom. The third-order valence-electron chi connectivity index (χ3n) is 2.48. The molecule has 0 saturated carbocycles. The van der Waals surface area contributed by atoms with E-state index in [4.69, 9.17) is 5.26 Å². The first kappa shape index (κ1) is 9.20. The van der Waals surface area contributed by atoms with Gasteiger partial charge in [0.2, 0.25) is 0 Å². The second-order valence-corrected chi connectivity index (χ2v) is 3.44. The molecule has 0 aliphatic carbocycles. The van der Waals surface area contributed by atoms with Gasteiger partial charge in [0.25, 0.3) is 0 Å². The van der Waals surface area contributed by atoms with Crippen molar-refractivity contribution in [3.8, 4) is 6.07 Å². The summed E-state index contributed by atoms with van der Waals surface area (Å²) >= 11 is 0. The van der Waals surface area contributed by atoms with Crippen molar-refractivity contribution in [1.29, 1.82) is 5.26 Å². The van der Waals surface area contributed by atoms with E-state index in [2.05, 4.69) is 16.7 Å². The fourth-order valence-corrected chi connectivity index (χ4v) is 1.68. The van der Waals surface area contributed by atoms with E-state index in [1.165, 1.54) is 5.56 Å². The number of rotatable bonds is 1. The summed E-state index contributed by atoms with van der Waals surface area (Å²) in [5.74, 6) is 0. The second-order valence-electron chi connectivity index (χ2n) is 3.44. The number of nitrogens with one attached hydrogen (secondary N) is 2. The van der Waals surface area contributed by atoms with Crippen LogP contribution in [0.15, 0.2) is 24.3 Å². The molecule has 1 aliphatic rings. The van der Waals surface area contributed by atoms with E-state index in [-0.39, 0.29) is 0 Å². The summed E-state index contributed by atoms with van der Waals surface area (Å²) in [4.78, 5) is 0. The molecule has 1 atom stereocenters. The van der Waals surface area contributed by atoms with Crippen LogP contribution in [0.2, 0.25) is 0 Å². The van der Waals surface area contributed by atoms with Crippen molar-refractivity contribution < 1.29 is 0 Å². The predicted octanol–water partition coefficient (Wildman–Crippen LogP) is 0.792. The molecule has 0 bridgehead atoms. The van der Waals surface area contributed by atoms with Gasteiger partial charge in [0, 0.05) is 25.7 Å². The highest BCUT2D eigenvalue weighted by Gasteiger charge is 2.13. The van der Waals surface area contributed by atoms with Gasteiger partial charge in [0.15, 0.2) is 0 Å². The maximum atomic E-state index is 8.66. The Hall–Kier alpha value is -1.37. The molecule has 3 heteroatoms. The lowest BCUT2D eigenvalue weighted by Crippen LogP contribution is -2.42. The van der Waals surface area contributed by atoms with Crippen molar-refractivity contribution in [1.82, 2.24) is 10.6 Å². The molecule has 1 unspecified atom stereocenters. The molecular weight excluding hydrogens is 174 g/mol. The molecule has 0 radical (unpaired) electrons. The Labute approximate surface area is 83.7 Å². The van der Waals surface area contributed by atoms with Crippen LogP contribution in [0, 0.1) is 11.3 Å². The number of nitriles is 1. The fraction of sp³-hybridized carbons (Fsp3) is 0.364. The lowest BCUT2D eigenvalue weighted by Gasteiger charge is -2.24. The van der Waals surface area contributed by atoms with E-state index in [9.17, 15) is 0 Å². The molecule has 72 valence electrons. The molecule has 2 rings (SSSR count). The van der Waals surface area contributed by atoms with Gasteiger partial charge in [-0.25, -0.2) is 0 Å². The largest absolute Gasteiger partial charge is 0.314 e. The molecular formula is C11H13N3. The van der Waals surface area contributed by atoms with E-state index in [0.717, 1.165) is 25.2 Å². The monoisotopic (exact) mass is 187 g/mol. The van der Waals surface area contributed by atoms with Gasteiger partial charge in [0.1, 0.15) is 0 Å². The third-order valence-corrected chi connectivity index (χ3v) is 2.48. The van der Waals surface area contributed by atoms with E-state index in [0.29, 0.717) is 6.04 Å². The first-order valence-electron chi connectivity index (χ1n) is 4.84. The summed E-state index contributed by atoms with van der Waals surface area (Å²) in [6.45, 7) is 3.00. The van der Waals surface area contributed by atoms with E-state index < -0.39 is 0 Å². The van der Waals surface area contributed by atoms with Gasteiger partial charge >= 0.3 is 0 Å². The maximum Gasteiger partial charge on any atom is 0.0991 e. The van der Waals surface area contributed by atoms with Gasteiger partial charge < -0.3 is 10.6 Å². The van der Waals surface area contributed by atoms with E-state index in [1.54, 1.807) is 0 Å². The summed E-state index contributed by atoms with van der Waals surface area (Å²) in [5.41, 5.74) is 1.97. The molecule has 0 aromatic heterocycles. The van der Waals surface area contributed by atoms with Crippen molar-refractivity contribution in [2.45, 2.75) is 6.04 Å². The van der Waals surface area contributed by atoms with E-state index in [1.807, 2.05) is 24.3 Å². The van der Waals surface area contributed by atoms with Crippen LogP contribution in [-0.2, 0) is 0 Å². The van der Waals surface area contributed by atoms with Crippen LogP contribution in [0.5, 0.6) is 0 Å². The SMILES string of the molecule is N#Cc1ccc(C2CNCCN2)cc1. The Balaban J connectivity index is 2.12. The van der Waals surface area contributed by atoms with Crippen LogP contribution in [0.25, 0.3) is 0 Å². The number of nitrogens with zero attached hydrogens (tertiary/aromatic N) is 1. The molecule has 1 heterocycles. The minimum absolute atomic E-state index is 0.386. The van der Waals surface area contributed by atoms with E-state index >= 15 is 0 Å². The molecule has 2 N–H and O–H groups in total. The second kappa shape index (κ2) is 4.23. The van der Waals surface area contributed by atoms with Crippen LogP contribution in [0.3, 0.4) is 0 Å². The molecule has 14 heavy (non-hydrogen) atoms. The predicted molar refractivity (Wildman–Crippen MR) is 54.8 cm³/mol. The number of hydrogen-bond donors (Lipinski definition) is 2. The Morgan fingerprint density at radius 2 is 2.00 bits per heavy atom. The van der Waals surface area contributed by atoms with Gasteiger partial charge in [-0.1, -0.05) is 12.1 Å². The first-order chi connectivity index (χ1) is 6.90. The molecule has 1 saturated heterocycles. The number of piperazine rings is 1. The quantitative estimate of drug-likeness (QED) is 0.683. The highest BCUT2D eigenvalue weighted by atomic mass is 15.1. The zero-order valence-electron chi connectivity index (χ0n) is 7.96. The molecule has 0 spiro atoms. The molecule has 1 aliphatic heterocycles. The highest BCUT2D eigenvalue weighted by molar-refractivity contribution is 5.33. The zero-order chi connectivity index (χ0) is 9.80. The van der Waals surface area contributed by atoms with Gasteiger partial charge in [-0.3, -0.25) is 0 Å². The summed E-state index contributed by atoms with van der Waals surface area (Å²) in [7, 11) is 0. The fourth-order valence-electron chi connectivity index (χ4n) is 1.68. The zero-order valence-corrected chi connectivity index (χ0v) is 7.96. The summed E-state index contributed by atoms with van der Waals surface area (Å²) in [6, 6.07) is 10.3. The topological polar surface area (TPSA) is 47.9 Å². The standard InChI is InChI=1S/C11H13N3/c12-7-9-1-3-10(4-2-9)11-8-13-5-6-14-11/h1-4,11,13-14H,5-6,8H2. The van der Waals surface area contributed by atoms with Gasteiger partial charge in [-0.05, 0) is 17.7 Å². The lowest BCUT2D eigenvalue weighted by atomic mass is 10.0. The van der Waals surface area contributed by atoms with Crippen molar-refractivity contribution in [2.75, 3.05) is 19.6 Å². The van der Waals surface area contributed by atoms with Crippen molar-refractivity contribution in [2.24, 2.45) is 0 Å². The molecule has 0 amide bonds. The first-order valence-corrected chi connectivity index (χ1v) is 4.84. The smallest absolute Gasteiger partial charge is 0.0991 e. The lowest BCUT2D eigenvalue weighted by molar-refractivity contribution is 0.430. The summed E-state index contributed by atoms with van der Waals surface area (Å²) < 4.78 is 0. The van der Waals surface area contributed by atoms with Gasteiger partial charge in [0.05, 0.1) is 11.6 Å². The maximum absolute atomic E-state index is 8.66. The molecule has 1 aromatic carbocycles. The van der Waals surface area contributed by atoms with Crippen molar-refractivity contribution in [3.05, 3.63) is 35.4 Å². The summed E-state index contributed by atoms with van der Waals surface area (Å²) in [6.07, 6.45) is 0. The van der Waals surface area contributed by atoms with Gasteiger partial charge in [-0.15, -0.1) is 0 Å². The average molecular weight is 187 g/mol. The van der Waals surface area contributed by atoms with Crippen molar-refractivity contribution >= 4 is 0 Å². The minimum atomic E-state index is 0.386. The van der Waals surface area contributed by atoms with Crippen molar-refractivity contribution in [3.63, 3.8) is 0 Å². The third kappa shape index (κ3) is 1.92. The Kier molecular flexibility index (Phi) is 2.78. The average Bonchev–Trinajstić information content (AvgIpc) is 2.30. The molecule has 3 nitrogen and oxygen atoms in total. The molecule has 1 aromatic rings. The molecule has 1 fully saturated rings. The van der Waals surface area contributed by atoms with Crippen LogP contribution >= 0.6 is 0 Å². The van der Waals surface area contributed by atoms with Crippen LogP contribution < -0.4 is 10.6 Å². The van der Waals surface area contributed by atoms with Gasteiger partial charge in [-0.2, -0.15) is 5.26 Å². The normalized spacial score (nSPS) is 21.5. The van der Waals surface area contributed by atoms with Crippen LogP contribution in [-0.4, -0.2) is 19.6 Å². The minimum Gasteiger partial charge on any atom is -0.314 e. The highest BCUT2D eigenvalue weighted by Crippen LogP contribution is 2.14. The Morgan fingerprint density at radius 1 is 1.21 bits per heavy atom. The number of benzene rings is 1. The van der Waals surface area contributed by atoms with Crippen LogP contribution in [0.4, 0.5) is 0 Å². The van der Waals surface area contributed by atoms with Crippen LogP contribution in [0.1, 0.15) is 17.2 Å². The number of hydrogen-bond acceptors (Lipinski definition) is 3. The summed E-state index contributed by atoms with van der Waals surface area (Å²) in [5, 5.41) is 15.4.